The normalized spacial score (nSPS) is 19.8. The van der Waals surface area contributed by atoms with Gasteiger partial charge in [-0.3, -0.25) is 4.79 Å². The molecule has 154 valence electrons. The molecule has 0 bridgehead atoms. The van der Waals surface area contributed by atoms with Crippen molar-refractivity contribution in [1.29, 1.82) is 0 Å². The molecule has 0 N–H and O–H groups in total. The van der Waals surface area contributed by atoms with E-state index in [4.69, 9.17) is 11.6 Å². The van der Waals surface area contributed by atoms with Crippen LogP contribution in [0, 0.1) is 0 Å². The van der Waals surface area contributed by atoms with Gasteiger partial charge in [0.25, 0.3) is 5.91 Å². The zero-order valence-corrected chi connectivity index (χ0v) is 16.4. The van der Waals surface area contributed by atoms with Crippen molar-refractivity contribution in [3.8, 4) is 0 Å². The highest BCUT2D eigenvalue weighted by Crippen LogP contribution is 2.39. The molecule has 4 rings (SSSR count). The largest absolute Gasteiger partial charge is 0.416 e. The van der Waals surface area contributed by atoms with E-state index in [2.05, 4.69) is 10.2 Å². The van der Waals surface area contributed by atoms with Crippen LogP contribution in [0.15, 0.2) is 30.5 Å². The number of aromatic nitrogens is 2. The number of alkyl halides is 3. The second kappa shape index (κ2) is 7.82. The predicted octanol–water partition coefficient (Wildman–Crippen LogP) is 4.38. The van der Waals surface area contributed by atoms with Crippen LogP contribution in [0.25, 0.3) is 0 Å². The van der Waals surface area contributed by atoms with Crippen molar-refractivity contribution in [2.45, 2.75) is 31.4 Å². The summed E-state index contributed by atoms with van der Waals surface area (Å²) in [6.45, 7) is 2.47. The molecule has 0 saturated carbocycles. The molecule has 29 heavy (non-hydrogen) atoms. The number of anilines is 1. The van der Waals surface area contributed by atoms with Gasteiger partial charge < -0.3 is 9.80 Å². The highest BCUT2D eigenvalue weighted by molar-refractivity contribution is 6.30. The summed E-state index contributed by atoms with van der Waals surface area (Å²) >= 11 is 5.98. The molecular weight excluding hydrogens is 405 g/mol. The zero-order chi connectivity index (χ0) is 20.6. The van der Waals surface area contributed by atoms with Crippen LogP contribution in [0.5, 0.6) is 0 Å². The van der Waals surface area contributed by atoms with Gasteiger partial charge in [-0.2, -0.15) is 18.3 Å². The Bertz CT molecular complexity index is 917. The summed E-state index contributed by atoms with van der Waals surface area (Å²) in [6.07, 6.45) is -0.781. The molecule has 1 atom stereocenters. The number of hydrogen-bond donors (Lipinski definition) is 0. The smallest absolute Gasteiger partial charge is 0.355 e. The van der Waals surface area contributed by atoms with Gasteiger partial charge in [-0.05, 0) is 49.1 Å². The lowest BCUT2D eigenvalue weighted by Crippen LogP contribution is -2.40. The summed E-state index contributed by atoms with van der Waals surface area (Å²) in [5, 5.41) is 8.26. The van der Waals surface area contributed by atoms with E-state index in [1.54, 1.807) is 11.0 Å². The molecule has 9 heteroatoms. The second-order valence-corrected chi connectivity index (χ2v) is 7.90. The molecular formula is C20H20ClF3N4O. The van der Waals surface area contributed by atoms with Crippen LogP contribution < -0.4 is 4.90 Å². The lowest BCUT2D eigenvalue weighted by atomic mass is 9.87. The quantitative estimate of drug-likeness (QED) is 0.733. The first-order valence-electron chi connectivity index (χ1n) is 9.56. The maximum Gasteiger partial charge on any atom is 0.416 e. The number of carbonyl (C=O) groups excluding carboxylic acids is 1. The third-order valence-corrected chi connectivity index (χ3v) is 5.77. The monoisotopic (exact) mass is 424 g/mol. The third-order valence-electron chi connectivity index (χ3n) is 5.54. The minimum absolute atomic E-state index is 0.150. The van der Waals surface area contributed by atoms with Gasteiger partial charge in [-0.15, -0.1) is 5.10 Å². The number of likely N-dealkylation sites (tertiary alicyclic amines) is 1. The fourth-order valence-corrected chi connectivity index (χ4v) is 4.08. The van der Waals surface area contributed by atoms with Crippen molar-refractivity contribution in [3.63, 3.8) is 0 Å². The van der Waals surface area contributed by atoms with E-state index in [1.165, 1.54) is 18.3 Å². The molecule has 1 aromatic heterocycles. The SMILES string of the molecule is O=C(c1cnnc(N2CCC2)c1)N1CCCC(c2cc(Cl)ccc2C(F)(F)F)C1. The van der Waals surface area contributed by atoms with Crippen molar-refractivity contribution < 1.29 is 18.0 Å². The molecule has 1 unspecified atom stereocenters. The Labute approximate surface area is 171 Å². The number of amides is 1. The Morgan fingerprint density at radius 3 is 2.62 bits per heavy atom. The molecule has 2 aliphatic heterocycles. The number of carbonyl (C=O) groups is 1. The first kappa shape index (κ1) is 19.9. The summed E-state index contributed by atoms with van der Waals surface area (Å²) in [6, 6.07) is 5.35. The number of hydrogen-bond acceptors (Lipinski definition) is 4. The molecule has 3 heterocycles. The minimum atomic E-state index is -4.46. The van der Waals surface area contributed by atoms with Crippen LogP contribution in [-0.2, 0) is 6.18 Å². The van der Waals surface area contributed by atoms with E-state index in [1.807, 2.05) is 4.90 Å². The van der Waals surface area contributed by atoms with E-state index < -0.39 is 17.7 Å². The Morgan fingerprint density at radius 1 is 1.14 bits per heavy atom. The van der Waals surface area contributed by atoms with Crippen molar-refractivity contribution in [3.05, 3.63) is 52.2 Å². The summed E-state index contributed by atoms with van der Waals surface area (Å²) in [5.74, 6) is -0.000470. The first-order chi connectivity index (χ1) is 13.8. The number of halogens is 4. The number of rotatable bonds is 3. The second-order valence-electron chi connectivity index (χ2n) is 7.46. The van der Waals surface area contributed by atoms with E-state index in [0.717, 1.165) is 25.6 Å². The summed E-state index contributed by atoms with van der Waals surface area (Å²) in [7, 11) is 0. The van der Waals surface area contributed by atoms with Gasteiger partial charge in [0.05, 0.1) is 17.3 Å². The van der Waals surface area contributed by atoms with Crippen molar-refractivity contribution in [2.75, 3.05) is 31.1 Å². The Hall–Kier alpha value is -2.35. The van der Waals surface area contributed by atoms with Gasteiger partial charge in [-0.25, -0.2) is 0 Å². The van der Waals surface area contributed by atoms with Crippen LogP contribution in [-0.4, -0.2) is 47.2 Å². The van der Waals surface area contributed by atoms with Gasteiger partial charge in [0.1, 0.15) is 0 Å². The molecule has 2 fully saturated rings. The average Bonchev–Trinajstić information content (AvgIpc) is 2.65. The van der Waals surface area contributed by atoms with Crippen LogP contribution in [0.1, 0.15) is 46.7 Å². The fraction of sp³-hybridized carbons (Fsp3) is 0.450. The van der Waals surface area contributed by atoms with Gasteiger partial charge >= 0.3 is 6.18 Å². The zero-order valence-electron chi connectivity index (χ0n) is 15.6. The van der Waals surface area contributed by atoms with Crippen molar-refractivity contribution >= 4 is 23.3 Å². The van der Waals surface area contributed by atoms with E-state index in [-0.39, 0.29) is 23.0 Å². The highest BCUT2D eigenvalue weighted by atomic mass is 35.5. The molecule has 1 amide bonds. The van der Waals surface area contributed by atoms with Crippen LogP contribution in [0.2, 0.25) is 5.02 Å². The Balaban J connectivity index is 1.56. The molecule has 5 nitrogen and oxygen atoms in total. The van der Waals surface area contributed by atoms with Gasteiger partial charge in [0.15, 0.2) is 5.82 Å². The lowest BCUT2D eigenvalue weighted by molar-refractivity contribution is -0.138. The molecule has 0 radical (unpaired) electrons. The van der Waals surface area contributed by atoms with Gasteiger partial charge in [-0.1, -0.05) is 11.6 Å². The van der Waals surface area contributed by atoms with E-state index in [9.17, 15) is 18.0 Å². The molecule has 0 aliphatic carbocycles. The van der Waals surface area contributed by atoms with E-state index in [0.29, 0.717) is 30.8 Å². The summed E-state index contributed by atoms with van der Waals surface area (Å²) in [5.41, 5.74) is -0.131. The standard InChI is InChI=1S/C20H20ClF3N4O/c21-15-4-5-17(20(22,23)24)16(10-15)13-3-1-6-28(12-13)19(29)14-9-18(26-25-11-14)27-7-2-8-27/h4-5,9-11,13H,1-3,6-8,12H2. The lowest BCUT2D eigenvalue weighted by Gasteiger charge is -2.34. The average molecular weight is 425 g/mol. The first-order valence-corrected chi connectivity index (χ1v) is 9.94. The van der Waals surface area contributed by atoms with Gasteiger partial charge in [0.2, 0.25) is 0 Å². The number of benzene rings is 1. The topological polar surface area (TPSA) is 49.3 Å². The minimum Gasteiger partial charge on any atom is -0.355 e. The molecule has 1 aromatic carbocycles. The predicted molar refractivity (Wildman–Crippen MR) is 103 cm³/mol. The third kappa shape index (κ3) is 4.17. The Morgan fingerprint density at radius 2 is 1.93 bits per heavy atom. The fourth-order valence-electron chi connectivity index (χ4n) is 3.90. The highest BCUT2D eigenvalue weighted by Gasteiger charge is 2.37. The maximum atomic E-state index is 13.5. The number of piperidine rings is 1. The van der Waals surface area contributed by atoms with Crippen molar-refractivity contribution in [2.24, 2.45) is 0 Å². The van der Waals surface area contributed by atoms with Crippen molar-refractivity contribution in [1.82, 2.24) is 15.1 Å². The Kier molecular flexibility index (Phi) is 5.38. The van der Waals surface area contributed by atoms with Gasteiger partial charge in [0, 0.05) is 37.1 Å². The van der Waals surface area contributed by atoms with E-state index >= 15 is 0 Å². The molecule has 2 aromatic rings. The summed E-state index contributed by atoms with van der Waals surface area (Å²) < 4.78 is 40.4. The summed E-state index contributed by atoms with van der Waals surface area (Å²) in [4.78, 5) is 16.6. The molecule has 2 aliphatic rings. The maximum absolute atomic E-state index is 13.5. The number of nitrogens with zero attached hydrogens (tertiary/aromatic N) is 4. The van der Waals surface area contributed by atoms with Crippen LogP contribution in [0.4, 0.5) is 19.0 Å². The molecule has 2 saturated heterocycles. The van der Waals surface area contributed by atoms with Crippen LogP contribution in [0.3, 0.4) is 0 Å². The molecule has 0 spiro atoms. The van der Waals surface area contributed by atoms with Crippen LogP contribution >= 0.6 is 11.6 Å².